The lowest BCUT2D eigenvalue weighted by atomic mass is 10.1. The van der Waals surface area contributed by atoms with Crippen molar-refractivity contribution in [2.75, 3.05) is 11.9 Å². The molecule has 96 valence electrons. The average Bonchev–Trinajstić information content (AvgIpc) is 2.29. The lowest BCUT2D eigenvalue weighted by Gasteiger charge is -2.29. The minimum absolute atomic E-state index is 0.0185. The average molecular weight is 255 g/mol. The third-order valence-electron chi connectivity index (χ3n) is 3.37. The lowest BCUT2D eigenvalue weighted by molar-refractivity contribution is 0.591. The number of benzene rings is 1. The molecular formula is C14H23ClN2. The van der Waals surface area contributed by atoms with Gasteiger partial charge in [-0.1, -0.05) is 31.5 Å². The summed E-state index contributed by atoms with van der Waals surface area (Å²) in [7, 11) is 2.12. The molecule has 0 aromatic heterocycles. The van der Waals surface area contributed by atoms with Crippen molar-refractivity contribution in [3.8, 4) is 0 Å². The second kappa shape index (κ2) is 6.27. The molecule has 1 aromatic rings. The van der Waals surface area contributed by atoms with Crippen molar-refractivity contribution in [1.82, 2.24) is 0 Å². The van der Waals surface area contributed by atoms with E-state index in [0.717, 1.165) is 29.1 Å². The first kappa shape index (κ1) is 14.3. The van der Waals surface area contributed by atoms with E-state index in [4.69, 9.17) is 17.3 Å². The molecule has 2 nitrogen and oxygen atoms in total. The molecule has 2 N–H and O–H groups in total. The Bertz CT molecular complexity index is 359. The van der Waals surface area contributed by atoms with Crippen molar-refractivity contribution >= 4 is 17.3 Å². The fraction of sp³-hybridized carbons (Fsp3) is 0.571. The van der Waals surface area contributed by atoms with Crippen LogP contribution in [-0.4, -0.2) is 13.1 Å². The van der Waals surface area contributed by atoms with Crippen LogP contribution in [0.4, 0.5) is 5.69 Å². The maximum atomic E-state index is 6.25. The number of hydrogen-bond acceptors (Lipinski definition) is 2. The zero-order chi connectivity index (χ0) is 13.0. The molecule has 0 saturated heterocycles. The molecule has 0 heterocycles. The maximum Gasteiger partial charge on any atom is 0.0474 e. The van der Waals surface area contributed by atoms with E-state index in [1.54, 1.807) is 0 Å². The fourth-order valence-electron chi connectivity index (χ4n) is 2.15. The summed E-state index contributed by atoms with van der Waals surface area (Å²) < 4.78 is 0. The second-order valence-corrected chi connectivity index (χ2v) is 4.98. The van der Waals surface area contributed by atoms with Gasteiger partial charge >= 0.3 is 0 Å². The smallest absolute Gasteiger partial charge is 0.0474 e. The summed E-state index contributed by atoms with van der Waals surface area (Å²) in [5.74, 6) is 0. The maximum absolute atomic E-state index is 6.25. The minimum Gasteiger partial charge on any atom is -0.372 e. The molecule has 0 fully saturated rings. The van der Waals surface area contributed by atoms with Crippen LogP contribution in [-0.2, 0) is 0 Å². The number of nitrogens with zero attached hydrogens (tertiary/aromatic N) is 1. The van der Waals surface area contributed by atoms with Gasteiger partial charge in [-0.2, -0.15) is 0 Å². The van der Waals surface area contributed by atoms with E-state index in [2.05, 4.69) is 31.9 Å². The molecule has 1 aromatic carbocycles. The summed E-state index contributed by atoms with van der Waals surface area (Å²) >= 11 is 6.25. The molecule has 0 aliphatic rings. The molecule has 0 aliphatic heterocycles. The van der Waals surface area contributed by atoms with Gasteiger partial charge in [-0.15, -0.1) is 0 Å². The van der Waals surface area contributed by atoms with Crippen molar-refractivity contribution in [3.05, 3.63) is 28.8 Å². The standard InChI is InChI=1S/C14H23ClN2/c1-5-11(6-2)17(4)12-7-8-13(10(3)16)14(15)9-12/h7-11H,5-6,16H2,1-4H3. The Hall–Kier alpha value is -0.730. The van der Waals surface area contributed by atoms with Crippen molar-refractivity contribution in [1.29, 1.82) is 0 Å². The Morgan fingerprint density at radius 1 is 1.29 bits per heavy atom. The van der Waals surface area contributed by atoms with Crippen LogP contribution in [0.3, 0.4) is 0 Å². The highest BCUT2D eigenvalue weighted by atomic mass is 35.5. The normalized spacial score (nSPS) is 12.9. The van der Waals surface area contributed by atoms with Gasteiger partial charge in [0, 0.05) is 29.8 Å². The lowest BCUT2D eigenvalue weighted by Crippen LogP contribution is -2.30. The minimum atomic E-state index is -0.0185. The first-order valence-electron chi connectivity index (χ1n) is 6.29. The third-order valence-corrected chi connectivity index (χ3v) is 3.70. The van der Waals surface area contributed by atoms with Crippen LogP contribution in [0.1, 0.15) is 45.2 Å². The van der Waals surface area contributed by atoms with E-state index in [1.807, 2.05) is 19.1 Å². The van der Waals surface area contributed by atoms with E-state index in [9.17, 15) is 0 Å². The largest absolute Gasteiger partial charge is 0.372 e. The van der Waals surface area contributed by atoms with E-state index >= 15 is 0 Å². The Morgan fingerprint density at radius 2 is 1.88 bits per heavy atom. The highest BCUT2D eigenvalue weighted by Gasteiger charge is 2.13. The third kappa shape index (κ3) is 3.36. The predicted molar refractivity (Wildman–Crippen MR) is 76.8 cm³/mol. The van der Waals surface area contributed by atoms with Crippen LogP contribution in [0, 0.1) is 0 Å². The monoisotopic (exact) mass is 254 g/mol. The molecule has 0 aliphatic carbocycles. The SMILES string of the molecule is CCC(CC)N(C)c1ccc(C(C)N)c(Cl)c1. The van der Waals surface area contributed by atoms with E-state index in [1.165, 1.54) is 0 Å². The number of anilines is 1. The summed E-state index contributed by atoms with van der Waals surface area (Å²) in [5, 5.41) is 0.760. The topological polar surface area (TPSA) is 29.3 Å². The molecule has 1 unspecified atom stereocenters. The van der Waals surface area contributed by atoms with E-state index in [0.29, 0.717) is 6.04 Å². The molecule has 0 radical (unpaired) electrons. The van der Waals surface area contributed by atoms with Crippen molar-refractivity contribution in [2.24, 2.45) is 5.73 Å². The van der Waals surface area contributed by atoms with Gasteiger partial charge in [0.15, 0.2) is 0 Å². The molecule has 0 bridgehead atoms. The molecule has 0 saturated carbocycles. The zero-order valence-corrected chi connectivity index (χ0v) is 12.0. The molecule has 1 rings (SSSR count). The highest BCUT2D eigenvalue weighted by molar-refractivity contribution is 6.31. The van der Waals surface area contributed by atoms with Crippen LogP contribution in [0.5, 0.6) is 0 Å². The predicted octanol–water partition coefficient (Wildman–Crippen LogP) is 3.98. The molecule has 17 heavy (non-hydrogen) atoms. The van der Waals surface area contributed by atoms with Crippen LogP contribution in [0.25, 0.3) is 0 Å². The second-order valence-electron chi connectivity index (χ2n) is 4.58. The highest BCUT2D eigenvalue weighted by Crippen LogP contribution is 2.28. The summed E-state index contributed by atoms with van der Waals surface area (Å²) in [6.45, 7) is 6.37. The van der Waals surface area contributed by atoms with Gasteiger partial charge in [0.05, 0.1) is 0 Å². The van der Waals surface area contributed by atoms with Crippen molar-refractivity contribution in [3.63, 3.8) is 0 Å². The molecule has 0 amide bonds. The van der Waals surface area contributed by atoms with Gasteiger partial charge in [0.25, 0.3) is 0 Å². The Labute approximate surface area is 110 Å². The van der Waals surface area contributed by atoms with Crippen LogP contribution in [0.2, 0.25) is 5.02 Å². The summed E-state index contributed by atoms with van der Waals surface area (Å²) in [5.41, 5.74) is 8.02. The number of nitrogens with two attached hydrogens (primary N) is 1. The van der Waals surface area contributed by atoms with E-state index < -0.39 is 0 Å². The van der Waals surface area contributed by atoms with Crippen molar-refractivity contribution < 1.29 is 0 Å². The van der Waals surface area contributed by atoms with Crippen LogP contribution < -0.4 is 10.6 Å². The first-order chi connectivity index (χ1) is 8.01. The number of hydrogen-bond donors (Lipinski definition) is 1. The van der Waals surface area contributed by atoms with Gasteiger partial charge < -0.3 is 10.6 Å². The molecule has 0 spiro atoms. The molecule has 1 atom stereocenters. The first-order valence-corrected chi connectivity index (χ1v) is 6.66. The summed E-state index contributed by atoms with van der Waals surface area (Å²) in [6.07, 6.45) is 2.28. The molecule has 3 heteroatoms. The Morgan fingerprint density at radius 3 is 2.29 bits per heavy atom. The van der Waals surface area contributed by atoms with E-state index in [-0.39, 0.29) is 6.04 Å². The van der Waals surface area contributed by atoms with Crippen molar-refractivity contribution in [2.45, 2.75) is 45.7 Å². The fourth-order valence-corrected chi connectivity index (χ4v) is 2.50. The zero-order valence-electron chi connectivity index (χ0n) is 11.2. The van der Waals surface area contributed by atoms with Gasteiger partial charge in [-0.25, -0.2) is 0 Å². The van der Waals surface area contributed by atoms with Crippen LogP contribution >= 0.6 is 11.6 Å². The Balaban J connectivity index is 2.96. The number of halogens is 1. The van der Waals surface area contributed by atoms with Gasteiger partial charge in [0.1, 0.15) is 0 Å². The number of rotatable bonds is 5. The summed E-state index contributed by atoms with van der Waals surface area (Å²) in [6, 6.07) is 6.69. The van der Waals surface area contributed by atoms with Gasteiger partial charge in [0.2, 0.25) is 0 Å². The van der Waals surface area contributed by atoms with Gasteiger partial charge in [-0.05, 0) is 37.5 Å². The Kier molecular flexibility index (Phi) is 5.29. The van der Waals surface area contributed by atoms with Gasteiger partial charge in [-0.3, -0.25) is 0 Å². The van der Waals surface area contributed by atoms with Crippen LogP contribution in [0.15, 0.2) is 18.2 Å². The summed E-state index contributed by atoms with van der Waals surface area (Å²) in [4.78, 5) is 2.29. The molecular weight excluding hydrogens is 232 g/mol. The quantitative estimate of drug-likeness (QED) is 0.861.